The highest BCUT2D eigenvalue weighted by molar-refractivity contribution is 7.22. The molecule has 6 heteroatoms. The zero-order chi connectivity index (χ0) is 16.0. The van der Waals surface area contributed by atoms with Gasteiger partial charge in [-0.2, -0.15) is 0 Å². The predicted octanol–water partition coefficient (Wildman–Crippen LogP) is 2.79. The first-order valence-corrected chi connectivity index (χ1v) is 8.19. The van der Waals surface area contributed by atoms with Crippen molar-refractivity contribution in [2.45, 2.75) is 18.9 Å². The van der Waals surface area contributed by atoms with Crippen LogP contribution in [0.15, 0.2) is 41.2 Å². The molecule has 0 fully saturated rings. The Balaban J connectivity index is 1.90. The van der Waals surface area contributed by atoms with Crippen LogP contribution in [-0.2, 0) is 16.0 Å². The van der Waals surface area contributed by atoms with E-state index in [-0.39, 0.29) is 11.5 Å². The maximum atomic E-state index is 12.8. The number of thiophene rings is 1. The van der Waals surface area contributed by atoms with Crippen LogP contribution in [0.4, 0.5) is 0 Å². The van der Waals surface area contributed by atoms with Crippen molar-refractivity contribution in [1.29, 1.82) is 0 Å². The fraction of sp³-hybridized carbons (Fsp3) is 0.235. The maximum Gasteiger partial charge on any atom is 0.329 e. The monoisotopic (exact) mass is 326 g/mol. The Morgan fingerprint density at radius 2 is 2.13 bits per heavy atom. The molecule has 116 valence electrons. The van der Waals surface area contributed by atoms with Gasteiger partial charge in [0.15, 0.2) is 0 Å². The highest BCUT2D eigenvalue weighted by atomic mass is 32.1. The summed E-state index contributed by atoms with van der Waals surface area (Å²) in [4.78, 5) is 30.3. The summed E-state index contributed by atoms with van der Waals surface area (Å²) in [6.07, 6.45) is 1.18. The smallest absolute Gasteiger partial charge is 0.329 e. The molecule has 0 bridgehead atoms. The van der Waals surface area contributed by atoms with Crippen molar-refractivity contribution < 1.29 is 9.53 Å². The third-order valence-corrected chi connectivity index (χ3v) is 5.30. The van der Waals surface area contributed by atoms with Crippen LogP contribution in [0.25, 0.3) is 20.7 Å². The zero-order valence-electron chi connectivity index (χ0n) is 12.5. The highest BCUT2D eigenvalue weighted by Crippen LogP contribution is 2.33. The van der Waals surface area contributed by atoms with E-state index < -0.39 is 6.04 Å². The van der Waals surface area contributed by atoms with Crippen LogP contribution in [-0.4, -0.2) is 22.6 Å². The second-order valence-electron chi connectivity index (χ2n) is 5.47. The van der Waals surface area contributed by atoms with Crippen molar-refractivity contribution in [3.05, 3.63) is 52.6 Å². The molecule has 1 atom stereocenters. The Bertz CT molecular complexity index is 959. The molecule has 3 heterocycles. The van der Waals surface area contributed by atoms with Gasteiger partial charge in [0.25, 0.3) is 5.56 Å². The fourth-order valence-electron chi connectivity index (χ4n) is 3.03. The van der Waals surface area contributed by atoms with Gasteiger partial charge in [0, 0.05) is 11.3 Å². The summed E-state index contributed by atoms with van der Waals surface area (Å²) in [7, 11) is 1.34. The van der Waals surface area contributed by atoms with Crippen LogP contribution in [0.3, 0.4) is 0 Å². The van der Waals surface area contributed by atoms with E-state index in [1.165, 1.54) is 23.0 Å². The lowest BCUT2D eigenvalue weighted by atomic mass is 10.2. The molecule has 0 spiro atoms. The van der Waals surface area contributed by atoms with Crippen LogP contribution in [0, 0.1) is 0 Å². The van der Waals surface area contributed by atoms with Crippen molar-refractivity contribution in [2.24, 2.45) is 0 Å². The van der Waals surface area contributed by atoms with Crippen molar-refractivity contribution >= 4 is 27.5 Å². The second-order valence-corrected chi connectivity index (χ2v) is 6.52. The summed E-state index contributed by atoms with van der Waals surface area (Å²) in [6.45, 7) is 0. The number of fused-ring (bicyclic) bond motifs is 2. The second kappa shape index (κ2) is 5.31. The molecule has 2 aromatic heterocycles. The number of ether oxygens (including phenoxy) is 1. The normalized spacial score (nSPS) is 16.5. The number of rotatable bonds is 2. The van der Waals surface area contributed by atoms with Gasteiger partial charge in [0.05, 0.1) is 12.6 Å². The number of methoxy groups -OCH3 is 1. The fourth-order valence-corrected chi connectivity index (χ4v) is 4.07. The van der Waals surface area contributed by atoms with Crippen molar-refractivity contribution in [1.82, 2.24) is 9.55 Å². The number of aromatic nitrogens is 2. The highest BCUT2D eigenvalue weighted by Gasteiger charge is 2.32. The first-order valence-electron chi connectivity index (χ1n) is 7.37. The summed E-state index contributed by atoms with van der Waals surface area (Å²) >= 11 is 1.42. The molecule has 23 heavy (non-hydrogen) atoms. The zero-order valence-corrected chi connectivity index (χ0v) is 13.3. The Morgan fingerprint density at radius 3 is 2.87 bits per heavy atom. The molecule has 0 aliphatic carbocycles. The summed E-state index contributed by atoms with van der Waals surface area (Å²) in [5.41, 5.74) is 1.62. The summed E-state index contributed by atoms with van der Waals surface area (Å²) in [6, 6.07) is 11.3. The van der Waals surface area contributed by atoms with Crippen LogP contribution in [0.2, 0.25) is 0 Å². The van der Waals surface area contributed by atoms with E-state index >= 15 is 0 Å². The van der Waals surface area contributed by atoms with Gasteiger partial charge in [0.1, 0.15) is 16.6 Å². The lowest BCUT2D eigenvalue weighted by Crippen LogP contribution is -2.28. The maximum absolute atomic E-state index is 12.8. The van der Waals surface area contributed by atoms with Gasteiger partial charge in [-0.15, -0.1) is 11.3 Å². The van der Waals surface area contributed by atoms with Crippen LogP contribution < -0.4 is 5.56 Å². The number of esters is 1. The Morgan fingerprint density at radius 1 is 1.35 bits per heavy atom. The minimum Gasteiger partial charge on any atom is -0.467 e. The molecular weight excluding hydrogens is 312 g/mol. The number of hydrogen-bond acceptors (Lipinski definition) is 5. The van der Waals surface area contributed by atoms with Crippen molar-refractivity contribution in [3.63, 3.8) is 0 Å². The molecule has 4 rings (SSSR count). The van der Waals surface area contributed by atoms with Gasteiger partial charge in [-0.3, -0.25) is 9.36 Å². The average Bonchev–Trinajstić information content (AvgIpc) is 3.20. The largest absolute Gasteiger partial charge is 0.467 e. The lowest BCUT2D eigenvalue weighted by molar-refractivity contribution is -0.144. The van der Waals surface area contributed by atoms with Crippen molar-refractivity contribution in [2.75, 3.05) is 7.11 Å². The molecule has 0 N–H and O–H groups in total. The standard InChI is InChI=1S/C17H14N2O3S/c1-22-17(21)12-7-8-14-18-11-9-13(10-5-3-2-4-6-10)23-15(11)16(20)19(12)14/h2-6,9,12H,7-8H2,1H3/t12-/m0/s1. The Labute approximate surface area is 136 Å². The Kier molecular flexibility index (Phi) is 3.27. The molecule has 0 saturated heterocycles. The summed E-state index contributed by atoms with van der Waals surface area (Å²) < 4.78 is 6.90. The van der Waals surface area contributed by atoms with Crippen molar-refractivity contribution in [3.8, 4) is 10.4 Å². The molecule has 0 radical (unpaired) electrons. The van der Waals surface area contributed by atoms with Crippen LogP contribution in [0.5, 0.6) is 0 Å². The lowest BCUT2D eigenvalue weighted by Gasteiger charge is -2.11. The number of aryl methyl sites for hydroxylation is 1. The molecule has 0 unspecified atom stereocenters. The van der Waals surface area contributed by atoms with Gasteiger partial charge in [-0.1, -0.05) is 30.3 Å². The number of carbonyl (C=O) groups excluding carboxylic acids is 1. The summed E-state index contributed by atoms with van der Waals surface area (Å²) in [5, 5.41) is 0. The first-order chi connectivity index (χ1) is 11.2. The van der Waals surface area contributed by atoms with Gasteiger partial charge >= 0.3 is 5.97 Å². The first kappa shape index (κ1) is 14.1. The predicted molar refractivity (Wildman–Crippen MR) is 88.7 cm³/mol. The van der Waals surface area contributed by atoms with Crippen LogP contribution in [0.1, 0.15) is 18.3 Å². The molecule has 1 aliphatic heterocycles. The van der Waals surface area contributed by atoms with E-state index in [1.807, 2.05) is 36.4 Å². The molecule has 1 aromatic carbocycles. The molecule has 0 saturated carbocycles. The van der Waals surface area contributed by atoms with E-state index in [1.54, 1.807) is 0 Å². The topological polar surface area (TPSA) is 61.2 Å². The van der Waals surface area contributed by atoms with E-state index in [0.29, 0.717) is 28.9 Å². The van der Waals surface area contributed by atoms with E-state index in [0.717, 1.165) is 10.4 Å². The number of benzene rings is 1. The Hall–Kier alpha value is -2.47. The van der Waals surface area contributed by atoms with E-state index in [4.69, 9.17) is 4.74 Å². The quantitative estimate of drug-likeness (QED) is 0.679. The van der Waals surface area contributed by atoms with E-state index in [9.17, 15) is 9.59 Å². The number of carbonyl (C=O) groups is 1. The SMILES string of the molecule is COC(=O)[C@@H]1CCc2nc3cc(-c4ccccc4)sc3c(=O)n21. The minimum atomic E-state index is -0.554. The molecular formula is C17H14N2O3S. The van der Waals surface area contributed by atoms with Gasteiger partial charge in [0.2, 0.25) is 0 Å². The molecule has 3 aromatic rings. The van der Waals surface area contributed by atoms with E-state index in [2.05, 4.69) is 4.98 Å². The number of hydrogen-bond donors (Lipinski definition) is 0. The van der Waals surface area contributed by atoms with Crippen LogP contribution >= 0.6 is 11.3 Å². The van der Waals surface area contributed by atoms with Gasteiger partial charge in [-0.05, 0) is 18.1 Å². The third kappa shape index (κ3) is 2.17. The minimum absolute atomic E-state index is 0.148. The summed E-state index contributed by atoms with van der Waals surface area (Å²) in [5.74, 6) is 0.280. The third-order valence-electron chi connectivity index (χ3n) is 4.14. The number of nitrogens with zero attached hydrogens (tertiary/aromatic N) is 2. The molecule has 5 nitrogen and oxygen atoms in total. The van der Waals surface area contributed by atoms with Gasteiger partial charge in [-0.25, -0.2) is 9.78 Å². The molecule has 0 amide bonds. The molecule has 1 aliphatic rings. The van der Waals surface area contributed by atoms with Gasteiger partial charge < -0.3 is 4.74 Å². The average molecular weight is 326 g/mol.